The minimum atomic E-state index is -4.64. The van der Waals surface area contributed by atoms with Crippen LogP contribution in [0.4, 0.5) is 18.9 Å². The Labute approximate surface area is 130 Å². The number of alkyl halides is 3. The fraction of sp³-hybridized carbons (Fsp3) is 0.133. The number of anilines is 1. The van der Waals surface area contributed by atoms with Crippen molar-refractivity contribution >= 4 is 24.5 Å². The minimum absolute atomic E-state index is 0.0521. The van der Waals surface area contributed by atoms with Gasteiger partial charge in [-0.2, -0.15) is 13.2 Å². The number of hydrogen-bond donors (Lipinski definition) is 2. The molecule has 0 aliphatic carbocycles. The van der Waals surface area contributed by atoms with Crippen molar-refractivity contribution in [2.45, 2.75) is 12.8 Å². The summed E-state index contributed by atoms with van der Waals surface area (Å²) in [4.78, 5) is 12.2. The average Bonchev–Trinajstić information content (AvgIpc) is 2.93. The number of halogens is 3. The molecule has 0 saturated carbocycles. The summed E-state index contributed by atoms with van der Waals surface area (Å²) in [6.45, 7) is 0.355. The highest BCUT2D eigenvalue weighted by Crippen LogP contribution is 2.33. The first-order valence-corrected chi connectivity index (χ1v) is 6.76. The van der Waals surface area contributed by atoms with Crippen molar-refractivity contribution < 1.29 is 27.7 Å². The molecule has 23 heavy (non-hydrogen) atoms. The van der Waals surface area contributed by atoms with Crippen LogP contribution >= 0.6 is 0 Å². The van der Waals surface area contributed by atoms with Crippen molar-refractivity contribution in [2.75, 3.05) is 5.32 Å². The average molecular weight is 321 g/mol. The molecular formula is C15H11BF3NO3. The van der Waals surface area contributed by atoms with Gasteiger partial charge >= 0.3 is 13.7 Å². The Morgan fingerprint density at radius 1 is 1.26 bits per heavy atom. The molecule has 0 bridgehead atoms. The maximum absolute atomic E-state index is 13.0. The fourth-order valence-corrected chi connectivity index (χ4v) is 2.43. The van der Waals surface area contributed by atoms with Gasteiger partial charge in [0.2, 0.25) is 0 Å². The van der Waals surface area contributed by atoms with E-state index in [4.69, 9.17) is 4.65 Å². The van der Waals surface area contributed by atoms with E-state index in [1.54, 1.807) is 0 Å². The Kier molecular flexibility index (Phi) is 3.77. The van der Waals surface area contributed by atoms with Gasteiger partial charge in [0.15, 0.2) is 0 Å². The van der Waals surface area contributed by atoms with Gasteiger partial charge in [0, 0.05) is 0 Å². The van der Waals surface area contributed by atoms with E-state index < -0.39 is 23.2 Å². The molecule has 0 radical (unpaired) electrons. The van der Waals surface area contributed by atoms with Crippen molar-refractivity contribution in [1.29, 1.82) is 0 Å². The molecule has 0 saturated heterocycles. The monoisotopic (exact) mass is 321 g/mol. The lowest BCUT2D eigenvalue weighted by Gasteiger charge is -2.14. The SMILES string of the molecule is O=C(Nc1cc2c(cc1O)COB2)c1ccccc1C(F)(F)F. The first kappa shape index (κ1) is 15.4. The van der Waals surface area contributed by atoms with Crippen LogP contribution in [0.2, 0.25) is 0 Å². The number of aromatic hydroxyl groups is 1. The highest BCUT2D eigenvalue weighted by atomic mass is 19.4. The van der Waals surface area contributed by atoms with Crippen LogP contribution in [0.1, 0.15) is 21.5 Å². The summed E-state index contributed by atoms with van der Waals surface area (Å²) in [7, 11) is 0.331. The topological polar surface area (TPSA) is 58.6 Å². The van der Waals surface area contributed by atoms with E-state index in [1.807, 2.05) is 0 Å². The quantitative estimate of drug-likeness (QED) is 0.658. The molecule has 0 spiro atoms. The minimum Gasteiger partial charge on any atom is -0.506 e. The normalized spacial score (nSPS) is 13.3. The molecule has 1 aliphatic rings. The molecule has 2 aromatic carbocycles. The largest absolute Gasteiger partial charge is 0.506 e. The number of benzene rings is 2. The smallest absolute Gasteiger partial charge is 0.417 e. The summed E-state index contributed by atoms with van der Waals surface area (Å²) < 4.78 is 44.1. The van der Waals surface area contributed by atoms with Gasteiger partial charge in [-0.1, -0.05) is 12.1 Å². The number of amides is 1. The van der Waals surface area contributed by atoms with Crippen LogP contribution < -0.4 is 10.8 Å². The lowest BCUT2D eigenvalue weighted by atomic mass is 9.87. The number of hydrogen-bond acceptors (Lipinski definition) is 3. The number of nitrogens with one attached hydrogen (secondary N) is 1. The third kappa shape index (κ3) is 3.02. The molecule has 0 unspecified atom stereocenters. The van der Waals surface area contributed by atoms with Crippen molar-refractivity contribution in [3.05, 3.63) is 53.1 Å². The predicted molar refractivity (Wildman–Crippen MR) is 79.1 cm³/mol. The van der Waals surface area contributed by atoms with Crippen LogP contribution in [0.5, 0.6) is 5.75 Å². The zero-order valence-electron chi connectivity index (χ0n) is 11.8. The third-order valence-electron chi connectivity index (χ3n) is 3.56. The molecule has 8 heteroatoms. The number of rotatable bonds is 2. The number of carbonyl (C=O) groups is 1. The van der Waals surface area contributed by atoms with Crippen LogP contribution in [0.3, 0.4) is 0 Å². The van der Waals surface area contributed by atoms with Crippen LogP contribution in [-0.2, 0) is 17.4 Å². The second-order valence-corrected chi connectivity index (χ2v) is 5.13. The molecule has 2 aromatic rings. The molecule has 1 aliphatic heterocycles. The zero-order chi connectivity index (χ0) is 16.6. The Morgan fingerprint density at radius 3 is 2.74 bits per heavy atom. The second kappa shape index (κ2) is 5.62. The molecule has 3 rings (SSSR count). The van der Waals surface area contributed by atoms with E-state index in [9.17, 15) is 23.1 Å². The van der Waals surface area contributed by atoms with Crippen molar-refractivity contribution in [1.82, 2.24) is 0 Å². The van der Waals surface area contributed by atoms with E-state index in [2.05, 4.69) is 5.32 Å². The van der Waals surface area contributed by atoms with Crippen molar-refractivity contribution in [3.63, 3.8) is 0 Å². The second-order valence-electron chi connectivity index (χ2n) is 5.13. The lowest BCUT2D eigenvalue weighted by molar-refractivity contribution is -0.137. The van der Waals surface area contributed by atoms with Gasteiger partial charge in [0.1, 0.15) is 5.75 Å². The standard InChI is InChI=1S/C15H11BF3NO3/c17-15(18,19)10-4-2-1-3-9(10)14(22)20-12-6-11-8(5-13(12)21)7-23-16-11/h1-6,16,21H,7H2,(H,20,22). The molecule has 0 fully saturated rings. The summed E-state index contributed by atoms with van der Waals surface area (Å²) in [6.07, 6.45) is -4.64. The maximum atomic E-state index is 13.0. The summed E-state index contributed by atoms with van der Waals surface area (Å²) >= 11 is 0. The van der Waals surface area contributed by atoms with Crippen LogP contribution in [0, 0.1) is 0 Å². The molecular weight excluding hydrogens is 310 g/mol. The Balaban J connectivity index is 1.92. The van der Waals surface area contributed by atoms with Gasteiger partial charge < -0.3 is 15.1 Å². The van der Waals surface area contributed by atoms with Crippen molar-refractivity contribution in [2.24, 2.45) is 0 Å². The predicted octanol–water partition coefficient (Wildman–Crippen LogP) is 2.17. The zero-order valence-corrected chi connectivity index (χ0v) is 11.8. The Bertz CT molecular complexity index is 777. The summed E-state index contributed by atoms with van der Waals surface area (Å²) in [5, 5.41) is 12.2. The van der Waals surface area contributed by atoms with E-state index in [0.29, 0.717) is 14.1 Å². The molecule has 2 N–H and O–H groups in total. The highest BCUT2D eigenvalue weighted by molar-refractivity contribution is 6.49. The highest BCUT2D eigenvalue weighted by Gasteiger charge is 2.35. The van der Waals surface area contributed by atoms with Crippen LogP contribution in [0.15, 0.2) is 36.4 Å². The summed E-state index contributed by atoms with van der Waals surface area (Å²) in [5.74, 6) is -1.15. The summed E-state index contributed by atoms with van der Waals surface area (Å²) in [6, 6.07) is 7.43. The molecule has 1 amide bonds. The van der Waals surface area contributed by atoms with E-state index in [-0.39, 0.29) is 11.4 Å². The Morgan fingerprint density at radius 2 is 2.00 bits per heavy atom. The maximum Gasteiger partial charge on any atom is 0.417 e. The first-order valence-electron chi connectivity index (χ1n) is 6.76. The molecule has 0 aromatic heterocycles. The summed E-state index contributed by atoms with van der Waals surface area (Å²) in [5.41, 5.74) is 0.0901. The van der Waals surface area contributed by atoms with Gasteiger partial charge in [-0.15, -0.1) is 0 Å². The van der Waals surface area contributed by atoms with Gasteiger partial charge in [0.25, 0.3) is 5.91 Å². The van der Waals surface area contributed by atoms with Gasteiger partial charge in [-0.3, -0.25) is 4.79 Å². The number of fused-ring (bicyclic) bond motifs is 1. The van der Waals surface area contributed by atoms with Gasteiger partial charge in [-0.25, -0.2) is 0 Å². The van der Waals surface area contributed by atoms with Gasteiger partial charge in [-0.05, 0) is 35.3 Å². The van der Waals surface area contributed by atoms with E-state index in [0.717, 1.165) is 23.2 Å². The molecule has 1 heterocycles. The molecule has 118 valence electrons. The number of phenols is 1. The van der Waals surface area contributed by atoms with Crippen LogP contribution in [0.25, 0.3) is 0 Å². The number of carbonyl (C=O) groups excluding carboxylic acids is 1. The lowest BCUT2D eigenvalue weighted by Crippen LogP contribution is -2.20. The molecule has 0 atom stereocenters. The van der Waals surface area contributed by atoms with Crippen LogP contribution in [-0.4, -0.2) is 18.5 Å². The fourth-order valence-electron chi connectivity index (χ4n) is 2.43. The number of phenolic OH excluding ortho intramolecular Hbond substituents is 1. The van der Waals surface area contributed by atoms with Gasteiger partial charge in [0.05, 0.1) is 23.4 Å². The van der Waals surface area contributed by atoms with Crippen molar-refractivity contribution in [3.8, 4) is 5.75 Å². The van der Waals surface area contributed by atoms with E-state index in [1.165, 1.54) is 24.3 Å². The molecule has 4 nitrogen and oxygen atoms in total. The first-order chi connectivity index (χ1) is 10.9. The third-order valence-corrected chi connectivity index (χ3v) is 3.56. The van der Waals surface area contributed by atoms with E-state index >= 15 is 0 Å². The Hall–Kier alpha value is -2.48.